The highest BCUT2D eigenvalue weighted by molar-refractivity contribution is 8.13. The average Bonchev–Trinajstić information content (AvgIpc) is 3.75. The third-order valence-corrected chi connectivity index (χ3v) is 12.8. The molecule has 2 aromatic rings. The number of carboxylic acid groups (broad SMARTS) is 1. The number of carbonyl (C=O) groups is 4. The summed E-state index contributed by atoms with van der Waals surface area (Å²) in [4.78, 5) is 98.4. The van der Waals surface area contributed by atoms with E-state index in [0.29, 0.717) is 12.2 Å². The molecular weight excluding hydrogens is 923 g/mol. The van der Waals surface area contributed by atoms with Crippen molar-refractivity contribution in [2.24, 2.45) is 5.41 Å². The Morgan fingerprint density at radius 1 is 0.984 bits per heavy atom. The summed E-state index contributed by atoms with van der Waals surface area (Å²) in [5, 5.41) is 35.0. The molecule has 26 nitrogen and oxygen atoms in total. The lowest BCUT2D eigenvalue weighted by Crippen LogP contribution is -2.46. The second-order valence-corrected chi connectivity index (χ2v) is 19.8. The molecule has 11 N–H and O–H groups in total. The Kier molecular flexibility index (Phi) is 21.1. The van der Waals surface area contributed by atoms with E-state index in [4.69, 9.17) is 24.6 Å². The number of nitrogens with zero attached hydrogens (tertiary/aromatic N) is 4. The highest BCUT2D eigenvalue weighted by Gasteiger charge is 2.50. The van der Waals surface area contributed by atoms with E-state index in [0.717, 1.165) is 67.2 Å². The van der Waals surface area contributed by atoms with Crippen molar-refractivity contribution in [2.45, 2.75) is 89.4 Å². The smallest absolute Gasteiger partial charge is 0.478 e. The van der Waals surface area contributed by atoms with Crippen molar-refractivity contribution in [2.75, 3.05) is 37.8 Å². The number of nitrogen functional groups attached to an aromatic ring is 1. The molecule has 0 radical (unpaired) electrons. The van der Waals surface area contributed by atoms with Gasteiger partial charge >= 0.3 is 29.4 Å². The van der Waals surface area contributed by atoms with E-state index in [2.05, 4.69) is 34.4 Å². The zero-order valence-corrected chi connectivity index (χ0v) is 37.5. The third-order valence-electron chi connectivity index (χ3n) is 8.75. The van der Waals surface area contributed by atoms with Crippen molar-refractivity contribution in [1.82, 2.24) is 30.2 Å². The number of fused-ring (bicyclic) bond motifs is 1. The normalized spacial score (nSPS) is 20.8. The summed E-state index contributed by atoms with van der Waals surface area (Å²) < 4.78 is 62.2. The van der Waals surface area contributed by atoms with Crippen LogP contribution in [0.25, 0.3) is 11.2 Å². The summed E-state index contributed by atoms with van der Waals surface area (Å²) in [5.74, 6) is -2.16. The molecule has 1 saturated heterocycles. The highest BCUT2D eigenvalue weighted by atomic mass is 32.2. The van der Waals surface area contributed by atoms with E-state index in [1.54, 1.807) is 6.08 Å². The van der Waals surface area contributed by atoms with Gasteiger partial charge in [0.25, 0.3) is 0 Å². The number of amides is 2. The van der Waals surface area contributed by atoms with Crippen LogP contribution in [-0.4, -0.2) is 134 Å². The molecule has 0 aliphatic carbocycles. The minimum atomic E-state index is -5.59. The molecule has 0 saturated carbocycles. The molecule has 7 unspecified atom stereocenters. The van der Waals surface area contributed by atoms with Crippen LogP contribution in [0.4, 0.5) is 5.82 Å². The molecule has 0 aromatic carbocycles. The standard InChI is InChI=1S/C33H52N7O19P3S/c1-33(2,28(46)31(47)36-14-13-22(41)35-15-16-63-24(44)12-10-8-6-4-3-5-7-9-11-23(42)43)18-56-62(53,54)59-61(51,52)55-17-21-27(58-60(48,49)50)26(45)32(57-21)40-20-39-25-29(34)37-19-38-30(25)40/h5,7,9,11,19-21,26-28,32,45-46H,3-4,6,8,10,12-18H2,1-2H3,(H,35,41)(H,36,47)(H,42,43)(H,51,52)(H,53,54)(H2,34,37,38)(H2,48,49,50)/b7-5+,11-9+. The van der Waals surface area contributed by atoms with Crippen LogP contribution in [0.5, 0.6) is 0 Å². The van der Waals surface area contributed by atoms with Crippen molar-refractivity contribution in [1.29, 1.82) is 0 Å². The first-order valence-corrected chi connectivity index (χ1v) is 24.5. The van der Waals surface area contributed by atoms with Crippen LogP contribution >= 0.6 is 35.2 Å². The molecule has 2 amide bonds. The molecule has 1 fully saturated rings. The Balaban J connectivity index is 1.37. The van der Waals surface area contributed by atoms with Crippen LogP contribution in [0.15, 0.2) is 37.0 Å². The molecule has 1 aliphatic heterocycles. The first-order valence-electron chi connectivity index (χ1n) is 19.0. The lowest BCUT2D eigenvalue weighted by molar-refractivity contribution is -0.137. The predicted molar refractivity (Wildman–Crippen MR) is 221 cm³/mol. The maximum Gasteiger partial charge on any atom is 0.481 e. The Morgan fingerprint density at radius 2 is 1.68 bits per heavy atom. The number of ether oxygens (including phenoxy) is 1. The zero-order valence-electron chi connectivity index (χ0n) is 34.0. The van der Waals surface area contributed by atoms with Gasteiger partial charge in [-0.3, -0.25) is 32.5 Å². The number of unbranched alkanes of at least 4 members (excludes halogenated alkanes) is 4. The summed E-state index contributed by atoms with van der Waals surface area (Å²) >= 11 is 1.08. The van der Waals surface area contributed by atoms with E-state index in [-0.39, 0.29) is 41.6 Å². The summed E-state index contributed by atoms with van der Waals surface area (Å²) in [6, 6.07) is 0. The lowest BCUT2D eigenvalue weighted by atomic mass is 9.87. The van der Waals surface area contributed by atoms with Gasteiger partial charge in [0, 0.05) is 43.2 Å². The van der Waals surface area contributed by atoms with Crippen molar-refractivity contribution >= 4 is 75.1 Å². The molecule has 30 heteroatoms. The minimum absolute atomic E-state index is 0.0140. The molecule has 7 atom stereocenters. The Bertz CT molecular complexity index is 2090. The number of hydrogen-bond donors (Lipinski definition) is 10. The van der Waals surface area contributed by atoms with E-state index >= 15 is 0 Å². The molecule has 0 bridgehead atoms. The second-order valence-electron chi connectivity index (χ2n) is 14.4. The number of carbonyl (C=O) groups excluding carboxylic acids is 3. The number of aliphatic hydroxyl groups is 2. The van der Waals surface area contributed by atoms with E-state index in [1.807, 2.05) is 6.08 Å². The molecular formula is C33H52N7O19P3S. The van der Waals surface area contributed by atoms with Crippen LogP contribution in [0, 0.1) is 5.41 Å². The van der Waals surface area contributed by atoms with Crippen LogP contribution in [-0.2, 0) is 55.5 Å². The van der Waals surface area contributed by atoms with Gasteiger partial charge in [-0.05, 0) is 19.3 Å². The summed E-state index contributed by atoms with van der Waals surface area (Å²) in [5.41, 5.74) is 4.24. The molecule has 0 spiro atoms. The van der Waals surface area contributed by atoms with Crippen LogP contribution in [0.1, 0.15) is 65.0 Å². The van der Waals surface area contributed by atoms with Gasteiger partial charge in [0.05, 0.1) is 19.5 Å². The number of allylic oxidation sites excluding steroid dienone is 3. The Hall–Kier alpha value is -3.49. The minimum Gasteiger partial charge on any atom is -0.478 e. The van der Waals surface area contributed by atoms with E-state index < -0.39 is 90.5 Å². The second kappa shape index (κ2) is 24.7. The number of nitrogens with two attached hydrogens (primary N) is 1. The van der Waals surface area contributed by atoms with Gasteiger partial charge in [0.15, 0.2) is 22.8 Å². The van der Waals surface area contributed by atoms with Crippen molar-refractivity contribution in [3.8, 4) is 0 Å². The van der Waals surface area contributed by atoms with Gasteiger partial charge in [0.1, 0.15) is 36.3 Å². The SMILES string of the molecule is CC(C)(COP(=O)(O)OP(=O)(O)OCC1OC(n2cnc3c(N)ncnc32)C(O)C1OP(=O)(O)O)C(O)C(=O)NCCC(=O)NCCSC(=O)CCCCCC/C=C/C=C/C(=O)O. The number of aliphatic carboxylic acids is 1. The maximum absolute atomic E-state index is 12.7. The van der Waals surface area contributed by atoms with Crippen LogP contribution in [0.2, 0.25) is 0 Å². The van der Waals surface area contributed by atoms with Gasteiger partial charge in [0.2, 0.25) is 11.8 Å². The quantitative estimate of drug-likeness (QED) is 0.0248. The number of aromatic nitrogens is 4. The fraction of sp³-hybridized carbons (Fsp3) is 0.606. The highest BCUT2D eigenvalue weighted by Crippen LogP contribution is 2.61. The van der Waals surface area contributed by atoms with Gasteiger partial charge in [-0.1, -0.05) is 56.7 Å². The topological polar surface area (TPSA) is 401 Å². The third kappa shape index (κ3) is 18.9. The number of carboxylic acids is 1. The number of hydrogen-bond acceptors (Lipinski definition) is 19. The number of nitrogens with one attached hydrogen (secondary N) is 2. The first-order chi connectivity index (χ1) is 29.4. The van der Waals surface area contributed by atoms with Gasteiger partial charge < -0.3 is 56.0 Å². The summed E-state index contributed by atoms with van der Waals surface area (Å²) in [6.07, 6.45) is 3.66. The van der Waals surface area contributed by atoms with Crippen molar-refractivity contribution in [3.05, 3.63) is 37.0 Å². The van der Waals surface area contributed by atoms with Gasteiger partial charge in [-0.25, -0.2) is 33.4 Å². The number of imidazole rings is 1. The van der Waals surface area contributed by atoms with Crippen LogP contribution in [0.3, 0.4) is 0 Å². The van der Waals surface area contributed by atoms with Gasteiger partial charge in [-0.15, -0.1) is 0 Å². The fourth-order valence-corrected chi connectivity index (χ4v) is 9.11. The molecule has 3 heterocycles. The lowest BCUT2D eigenvalue weighted by Gasteiger charge is -2.30. The van der Waals surface area contributed by atoms with Crippen molar-refractivity contribution in [3.63, 3.8) is 0 Å². The number of thioether (sulfide) groups is 1. The summed E-state index contributed by atoms with van der Waals surface area (Å²) in [6.45, 7) is 0.423. The first kappa shape index (κ1) is 53.8. The number of phosphoric acid groups is 3. The summed E-state index contributed by atoms with van der Waals surface area (Å²) in [7, 11) is -16.4. The van der Waals surface area contributed by atoms with Crippen LogP contribution < -0.4 is 16.4 Å². The van der Waals surface area contributed by atoms with E-state index in [1.165, 1.54) is 19.9 Å². The van der Waals surface area contributed by atoms with E-state index in [9.17, 15) is 62.7 Å². The maximum atomic E-state index is 12.7. The number of aliphatic hydroxyl groups excluding tert-OH is 2. The number of anilines is 1. The van der Waals surface area contributed by atoms with Crippen molar-refractivity contribution < 1.29 is 90.4 Å². The Morgan fingerprint density at radius 3 is 2.38 bits per heavy atom. The predicted octanol–water partition coefficient (Wildman–Crippen LogP) is 1.20. The molecule has 1 aliphatic rings. The van der Waals surface area contributed by atoms with Gasteiger partial charge in [-0.2, -0.15) is 4.31 Å². The fourth-order valence-electron chi connectivity index (χ4n) is 5.56. The molecule has 63 heavy (non-hydrogen) atoms. The number of rotatable bonds is 28. The average molecular weight is 976 g/mol. The Labute approximate surface area is 364 Å². The molecule has 354 valence electrons. The zero-order chi connectivity index (χ0) is 47.0. The molecule has 2 aromatic heterocycles. The largest absolute Gasteiger partial charge is 0.481 e. The number of phosphoric ester groups is 3. The molecule has 3 rings (SSSR count). The monoisotopic (exact) mass is 975 g/mol.